The first-order valence-electron chi connectivity index (χ1n) is 7.00. The topological polar surface area (TPSA) is 54.5 Å². The second-order valence-electron chi connectivity index (χ2n) is 5.74. The Morgan fingerprint density at radius 1 is 1.38 bits per heavy atom. The van der Waals surface area contributed by atoms with Gasteiger partial charge in [-0.05, 0) is 30.5 Å². The second-order valence-corrected chi connectivity index (χ2v) is 7.97. The van der Waals surface area contributed by atoms with Crippen molar-refractivity contribution in [1.82, 2.24) is 4.90 Å². The standard InChI is InChI=1S/C15H20FNO3S/c1-11(9-12-3-5-13(16)6-4-12)15(18)17(2)14-7-8-21(19,20)10-14/h3-6,11,14H,7-10H2,1-2H3. The SMILES string of the molecule is CC(Cc1ccc(F)cc1)C(=O)N(C)C1CCS(=O)(=O)C1. The minimum atomic E-state index is -3.00. The molecule has 0 radical (unpaired) electrons. The maximum absolute atomic E-state index is 12.9. The van der Waals surface area contributed by atoms with Crippen molar-refractivity contribution in [2.45, 2.75) is 25.8 Å². The van der Waals surface area contributed by atoms with Crippen LogP contribution < -0.4 is 0 Å². The van der Waals surface area contributed by atoms with Gasteiger partial charge in [0.05, 0.1) is 11.5 Å². The van der Waals surface area contributed by atoms with Gasteiger partial charge < -0.3 is 4.90 Å². The first-order chi connectivity index (χ1) is 9.78. The van der Waals surface area contributed by atoms with Crippen LogP contribution in [0.3, 0.4) is 0 Å². The van der Waals surface area contributed by atoms with Crippen LogP contribution in [0.15, 0.2) is 24.3 Å². The molecule has 1 aliphatic rings. The van der Waals surface area contributed by atoms with Gasteiger partial charge >= 0.3 is 0 Å². The molecule has 6 heteroatoms. The van der Waals surface area contributed by atoms with E-state index in [-0.39, 0.29) is 35.2 Å². The van der Waals surface area contributed by atoms with Crippen molar-refractivity contribution >= 4 is 15.7 Å². The van der Waals surface area contributed by atoms with Crippen molar-refractivity contribution in [2.24, 2.45) is 5.92 Å². The lowest BCUT2D eigenvalue weighted by Crippen LogP contribution is -2.41. The van der Waals surface area contributed by atoms with Gasteiger partial charge in [0.2, 0.25) is 5.91 Å². The number of rotatable bonds is 4. The number of halogens is 1. The van der Waals surface area contributed by atoms with Gasteiger partial charge in [-0.25, -0.2) is 12.8 Å². The number of benzene rings is 1. The molecule has 1 heterocycles. The Labute approximate surface area is 124 Å². The zero-order valence-corrected chi connectivity index (χ0v) is 13.1. The van der Waals surface area contributed by atoms with E-state index in [0.717, 1.165) is 5.56 Å². The molecule has 4 nitrogen and oxygen atoms in total. The average Bonchev–Trinajstić information content (AvgIpc) is 2.80. The summed E-state index contributed by atoms with van der Waals surface area (Å²) >= 11 is 0. The highest BCUT2D eigenvalue weighted by atomic mass is 32.2. The maximum Gasteiger partial charge on any atom is 0.225 e. The minimum absolute atomic E-state index is 0.0541. The van der Waals surface area contributed by atoms with Crippen LogP contribution in [0.2, 0.25) is 0 Å². The van der Waals surface area contributed by atoms with E-state index in [9.17, 15) is 17.6 Å². The highest BCUT2D eigenvalue weighted by Crippen LogP contribution is 2.19. The molecule has 1 aliphatic heterocycles. The fourth-order valence-corrected chi connectivity index (χ4v) is 4.44. The van der Waals surface area contributed by atoms with Crippen molar-refractivity contribution in [2.75, 3.05) is 18.6 Å². The van der Waals surface area contributed by atoms with E-state index < -0.39 is 9.84 Å². The second kappa shape index (κ2) is 6.13. The predicted molar refractivity (Wildman–Crippen MR) is 79.1 cm³/mol. The van der Waals surface area contributed by atoms with E-state index in [4.69, 9.17) is 0 Å². The van der Waals surface area contributed by atoms with Crippen LogP contribution in [0.25, 0.3) is 0 Å². The fourth-order valence-electron chi connectivity index (χ4n) is 2.67. The molecule has 2 rings (SSSR count). The Kier molecular flexibility index (Phi) is 4.66. The molecule has 1 fully saturated rings. The molecule has 1 saturated heterocycles. The molecule has 0 aromatic heterocycles. The van der Waals surface area contributed by atoms with E-state index >= 15 is 0 Å². The van der Waals surface area contributed by atoms with Gasteiger partial charge in [0.15, 0.2) is 9.84 Å². The van der Waals surface area contributed by atoms with Gasteiger partial charge in [-0.15, -0.1) is 0 Å². The molecular formula is C15H20FNO3S. The van der Waals surface area contributed by atoms with Crippen LogP contribution in [0.4, 0.5) is 4.39 Å². The van der Waals surface area contributed by atoms with Gasteiger partial charge in [0.25, 0.3) is 0 Å². The molecule has 2 atom stereocenters. The smallest absolute Gasteiger partial charge is 0.225 e. The molecule has 0 N–H and O–H groups in total. The van der Waals surface area contributed by atoms with Crippen LogP contribution in [-0.2, 0) is 21.1 Å². The van der Waals surface area contributed by atoms with Crippen LogP contribution in [0.5, 0.6) is 0 Å². The van der Waals surface area contributed by atoms with E-state index in [1.54, 1.807) is 24.1 Å². The molecular weight excluding hydrogens is 293 g/mol. The molecule has 1 aromatic rings. The Bertz CT molecular complexity index is 612. The average molecular weight is 313 g/mol. The van der Waals surface area contributed by atoms with E-state index in [1.165, 1.54) is 12.1 Å². The number of amides is 1. The summed E-state index contributed by atoms with van der Waals surface area (Å²) in [5.41, 5.74) is 0.893. The predicted octanol–water partition coefficient (Wildman–Crippen LogP) is 1.65. The van der Waals surface area contributed by atoms with Crippen molar-refractivity contribution in [3.8, 4) is 0 Å². The summed E-state index contributed by atoms with van der Waals surface area (Å²) < 4.78 is 35.8. The fraction of sp³-hybridized carbons (Fsp3) is 0.533. The molecule has 0 aliphatic carbocycles. The normalized spacial score (nSPS) is 22.0. The lowest BCUT2D eigenvalue weighted by molar-refractivity contribution is -0.135. The van der Waals surface area contributed by atoms with Crippen LogP contribution in [0, 0.1) is 11.7 Å². The summed E-state index contributed by atoms with van der Waals surface area (Å²) in [6, 6.07) is 5.86. The van der Waals surface area contributed by atoms with Gasteiger partial charge in [-0.2, -0.15) is 0 Å². The molecule has 0 saturated carbocycles. The Morgan fingerprint density at radius 2 is 2.00 bits per heavy atom. The zero-order valence-electron chi connectivity index (χ0n) is 12.3. The van der Waals surface area contributed by atoms with E-state index in [1.807, 2.05) is 6.92 Å². The van der Waals surface area contributed by atoms with Gasteiger partial charge in [-0.3, -0.25) is 4.79 Å². The lowest BCUT2D eigenvalue weighted by Gasteiger charge is -2.26. The highest BCUT2D eigenvalue weighted by molar-refractivity contribution is 7.91. The summed E-state index contributed by atoms with van der Waals surface area (Å²) in [6.07, 6.45) is 1.02. The number of nitrogens with zero attached hydrogens (tertiary/aromatic N) is 1. The summed E-state index contributed by atoms with van der Waals surface area (Å²) in [5.74, 6) is -0.420. The maximum atomic E-state index is 12.9. The van der Waals surface area contributed by atoms with Crippen molar-refractivity contribution in [3.63, 3.8) is 0 Å². The monoisotopic (exact) mass is 313 g/mol. The summed E-state index contributed by atoms with van der Waals surface area (Å²) in [7, 11) is -1.34. The zero-order chi connectivity index (χ0) is 15.6. The first-order valence-corrected chi connectivity index (χ1v) is 8.82. The van der Waals surface area contributed by atoms with Crippen LogP contribution in [0.1, 0.15) is 18.9 Å². The number of carbonyl (C=O) groups excluding carboxylic acids is 1. The minimum Gasteiger partial charge on any atom is -0.341 e. The summed E-state index contributed by atoms with van der Waals surface area (Å²) in [4.78, 5) is 13.9. The largest absolute Gasteiger partial charge is 0.341 e. The molecule has 1 aromatic carbocycles. The number of hydrogen-bond acceptors (Lipinski definition) is 3. The molecule has 116 valence electrons. The van der Waals surface area contributed by atoms with Gasteiger partial charge in [0.1, 0.15) is 5.82 Å². The third-order valence-corrected chi connectivity index (χ3v) is 5.73. The third-order valence-electron chi connectivity index (χ3n) is 3.98. The number of hydrogen-bond donors (Lipinski definition) is 0. The quantitative estimate of drug-likeness (QED) is 0.849. The van der Waals surface area contributed by atoms with E-state index in [2.05, 4.69) is 0 Å². The van der Waals surface area contributed by atoms with Crippen LogP contribution in [-0.4, -0.2) is 43.8 Å². The first kappa shape index (κ1) is 15.9. The Hall–Kier alpha value is -1.43. The molecule has 0 spiro atoms. The number of sulfone groups is 1. The lowest BCUT2D eigenvalue weighted by atomic mass is 9.99. The highest BCUT2D eigenvalue weighted by Gasteiger charge is 2.33. The van der Waals surface area contributed by atoms with Crippen LogP contribution >= 0.6 is 0 Å². The molecule has 21 heavy (non-hydrogen) atoms. The number of carbonyl (C=O) groups is 1. The molecule has 0 bridgehead atoms. The summed E-state index contributed by atoms with van der Waals surface area (Å²) in [6.45, 7) is 1.81. The van der Waals surface area contributed by atoms with Crippen molar-refractivity contribution < 1.29 is 17.6 Å². The Balaban J connectivity index is 1.97. The summed E-state index contributed by atoms with van der Waals surface area (Å²) in [5, 5.41) is 0. The van der Waals surface area contributed by atoms with Crippen molar-refractivity contribution in [3.05, 3.63) is 35.6 Å². The molecule has 2 unspecified atom stereocenters. The van der Waals surface area contributed by atoms with Gasteiger partial charge in [0, 0.05) is 19.0 Å². The van der Waals surface area contributed by atoms with E-state index in [0.29, 0.717) is 12.8 Å². The van der Waals surface area contributed by atoms with Gasteiger partial charge in [-0.1, -0.05) is 19.1 Å². The third kappa shape index (κ3) is 4.03. The Morgan fingerprint density at radius 3 is 2.52 bits per heavy atom. The van der Waals surface area contributed by atoms with Crippen molar-refractivity contribution in [1.29, 1.82) is 0 Å². The molecule has 1 amide bonds.